The summed E-state index contributed by atoms with van der Waals surface area (Å²) in [5.74, 6) is -0.704. The van der Waals surface area contributed by atoms with Crippen LogP contribution in [0.2, 0.25) is 18.1 Å². The summed E-state index contributed by atoms with van der Waals surface area (Å²) in [6.45, 7) is 12.6. The first-order chi connectivity index (χ1) is 15.9. The molecular formula is C26H37IO6Si. The fraction of sp³-hybridized carbons (Fsp3) is 0.615. The molecule has 0 amide bonds. The molecule has 0 aliphatic carbocycles. The number of esters is 2. The minimum atomic E-state index is -2.02. The van der Waals surface area contributed by atoms with E-state index in [2.05, 4.69) is 56.5 Å². The van der Waals surface area contributed by atoms with E-state index in [1.165, 1.54) is 6.92 Å². The molecule has 1 aromatic rings. The van der Waals surface area contributed by atoms with Crippen molar-refractivity contribution in [1.82, 2.24) is 0 Å². The number of benzene rings is 1. The van der Waals surface area contributed by atoms with Crippen LogP contribution in [0.4, 0.5) is 0 Å². The molecule has 34 heavy (non-hydrogen) atoms. The van der Waals surface area contributed by atoms with Crippen molar-refractivity contribution >= 4 is 42.8 Å². The van der Waals surface area contributed by atoms with Gasteiger partial charge in [0.15, 0.2) is 8.32 Å². The molecule has 0 N–H and O–H groups in total. The first-order valence-electron chi connectivity index (χ1n) is 12.0. The number of cyclic esters (lactones) is 1. The molecule has 0 radical (unpaired) electrons. The average molecular weight is 601 g/mol. The Hall–Kier alpha value is -1.23. The fourth-order valence-electron chi connectivity index (χ4n) is 4.32. The first-order valence-corrected chi connectivity index (χ1v) is 16.2. The standard InChI is InChI=1S/C26H37IO6Si/c1-17(28)30-22-11-7-9-18-15-23-21(33-34(5,6)26(2,3)4)13-12-20(31-23)16-19(10-8-14-27)32-25(29)24(18)22/h7-9,11,14,19-21,23H,10,12-13,15-16H2,1-6H3/b14-8-/t19-,20+,21-,23-/m0/s1. The zero-order valence-electron chi connectivity index (χ0n) is 21.1. The quantitative estimate of drug-likeness (QED) is 0.170. The van der Waals surface area contributed by atoms with Gasteiger partial charge < -0.3 is 18.6 Å². The lowest BCUT2D eigenvalue weighted by Crippen LogP contribution is -2.51. The molecule has 3 rings (SSSR count). The molecule has 2 aliphatic heterocycles. The van der Waals surface area contributed by atoms with Crippen molar-refractivity contribution in [3.8, 4) is 5.75 Å². The Balaban J connectivity index is 2.01. The summed E-state index contributed by atoms with van der Waals surface area (Å²) in [5, 5.41) is 0.0842. The van der Waals surface area contributed by atoms with Gasteiger partial charge in [0.1, 0.15) is 17.4 Å². The van der Waals surface area contributed by atoms with E-state index in [9.17, 15) is 9.59 Å². The van der Waals surface area contributed by atoms with Crippen LogP contribution in [0.5, 0.6) is 5.75 Å². The molecule has 0 aromatic heterocycles. The minimum Gasteiger partial charge on any atom is -0.458 e. The van der Waals surface area contributed by atoms with Crippen molar-refractivity contribution in [2.45, 2.75) is 102 Å². The molecule has 0 saturated carbocycles. The highest BCUT2D eigenvalue weighted by atomic mass is 127. The van der Waals surface area contributed by atoms with Crippen molar-refractivity contribution in [3.63, 3.8) is 0 Å². The molecule has 188 valence electrons. The molecule has 6 nitrogen and oxygen atoms in total. The largest absolute Gasteiger partial charge is 0.458 e. The summed E-state index contributed by atoms with van der Waals surface area (Å²) in [6.07, 6.45) is 4.94. The van der Waals surface area contributed by atoms with Gasteiger partial charge in [-0.2, -0.15) is 0 Å². The Morgan fingerprint density at radius 2 is 2.00 bits per heavy atom. The average Bonchev–Trinajstić information content (AvgIpc) is 2.72. The molecule has 2 heterocycles. The van der Waals surface area contributed by atoms with Gasteiger partial charge in [0.25, 0.3) is 0 Å². The van der Waals surface area contributed by atoms with Crippen LogP contribution in [0, 0.1) is 0 Å². The van der Waals surface area contributed by atoms with Crippen molar-refractivity contribution in [3.05, 3.63) is 39.5 Å². The molecule has 0 unspecified atom stereocenters. The van der Waals surface area contributed by atoms with Gasteiger partial charge in [-0.1, -0.05) is 61.6 Å². The lowest BCUT2D eigenvalue weighted by Gasteiger charge is -2.45. The van der Waals surface area contributed by atoms with Crippen molar-refractivity contribution in [2.75, 3.05) is 0 Å². The molecule has 4 atom stereocenters. The Labute approximate surface area is 218 Å². The summed E-state index contributed by atoms with van der Waals surface area (Å²) in [4.78, 5) is 25.1. The molecule has 0 spiro atoms. The van der Waals surface area contributed by atoms with E-state index in [0.29, 0.717) is 24.8 Å². The highest BCUT2D eigenvalue weighted by Gasteiger charge is 2.44. The van der Waals surface area contributed by atoms with Crippen LogP contribution in [-0.4, -0.2) is 44.7 Å². The number of ether oxygens (including phenoxy) is 3. The van der Waals surface area contributed by atoms with Crippen LogP contribution in [-0.2, 0) is 25.1 Å². The van der Waals surface area contributed by atoms with Gasteiger partial charge in [-0.3, -0.25) is 4.79 Å². The monoisotopic (exact) mass is 600 g/mol. The Morgan fingerprint density at radius 3 is 2.65 bits per heavy atom. The van der Waals surface area contributed by atoms with E-state index in [1.807, 2.05) is 16.2 Å². The second kappa shape index (κ2) is 11.2. The maximum atomic E-state index is 13.4. The highest BCUT2D eigenvalue weighted by Crippen LogP contribution is 2.41. The Kier molecular flexibility index (Phi) is 9.03. The third kappa shape index (κ3) is 6.70. The third-order valence-corrected chi connectivity index (χ3v) is 12.1. The van der Waals surface area contributed by atoms with E-state index in [0.717, 1.165) is 18.4 Å². The number of carbonyl (C=O) groups is 2. The second-order valence-corrected chi connectivity index (χ2v) is 16.2. The number of fused-ring (bicyclic) bond motifs is 3. The second-order valence-electron chi connectivity index (χ2n) is 10.7. The van der Waals surface area contributed by atoms with E-state index >= 15 is 0 Å². The first kappa shape index (κ1) is 27.4. The van der Waals surface area contributed by atoms with Crippen LogP contribution in [0.3, 0.4) is 0 Å². The summed E-state index contributed by atoms with van der Waals surface area (Å²) < 4.78 is 26.7. The van der Waals surface area contributed by atoms with Crippen molar-refractivity contribution in [2.24, 2.45) is 0 Å². The maximum Gasteiger partial charge on any atom is 0.342 e. The lowest BCUT2D eigenvalue weighted by atomic mass is 9.91. The minimum absolute atomic E-state index is 0.00267. The lowest BCUT2D eigenvalue weighted by molar-refractivity contribution is -0.131. The summed E-state index contributed by atoms with van der Waals surface area (Å²) in [6, 6.07) is 5.33. The van der Waals surface area contributed by atoms with Crippen LogP contribution in [0.15, 0.2) is 28.4 Å². The fourth-order valence-corrected chi connectivity index (χ4v) is 5.99. The normalized spacial score (nSPS) is 26.0. The van der Waals surface area contributed by atoms with Gasteiger partial charge in [-0.05, 0) is 46.7 Å². The van der Waals surface area contributed by atoms with E-state index in [1.54, 1.807) is 12.1 Å². The molecule has 1 saturated heterocycles. The number of rotatable bonds is 5. The maximum absolute atomic E-state index is 13.4. The van der Waals surface area contributed by atoms with Gasteiger partial charge >= 0.3 is 11.9 Å². The van der Waals surface area contributed by atoms with Crippen LogP contribution < -0.4 is 4.74 Å². The third-order valence-electron chi connectivity index (χ3n) is 7.09. The van der Waals surface area contributed by atoms with E-state index in [4.69, 9.17) is 18.6 Å². The smallest absolute Gasteiger partial charge is 0.342 e. The van der Waals surface area contributed by atoms with Gasteiger partial charge in [-0.15, -0.1) is 0 Å². The van der Waals surface area contributed by atoms with Crippen molar-refractivity contribution in [1.29, 1.82) is 0 Å². The van der Waals surface area contributed by atoms with Gasteiger partial charge in [0, 0.05) is 26.2 Å². The summed E-state index contributed by atoms with van der Waals surface area (Å²) in [5.41, 5.74) is 1.06. The molecule has 2 bridgehead atoms. The molecule has 8 heteroatoms. The molecule has 1 fully saturated rings. The topological polar surface area (TPSA) is 71.1 Å². The van der Waals surface area contributed by atoms with Gasteiger partial charge in [-0.25, -0.2) is 4.79 Å². The predicted octanol–water partition coefficient (Wildman–Crippen LogP) is 6.36. The van der Waals surface area contributed by atoms with Gasteiger partial charge in [0.2, 0.25) is 0 Å². The molecule has 1 aromatic carbocycles. The summed E-state index contributed by atoms with van der Waals surface area (Å²) >= 11 is 2.17. The van der Waals surface area contributed by atoms with Crippen molar-refractivity contribution < 1.29 is 28.2 Å². The Bertz CT molecular complexity index is 922. The van der Waals surface area contributed by atoms with E-state index in [-0.39, 0.29) is 35.2 Å². The number of hydrogen-bond donors (Lipinski definition) is 0. The van der Waals surface area contributed by atoms with Crippen LogP contribution in [0.25, 0.3) is 0 Å². The number of hydrogen-bond acceptors (Lipinski definition) is 6. The van der Waals surface area contributed by atoms with Gasteiger partial charge in [0.05, 0.1) is 18.3 Å². The van der Waals surface area contributed by atoms with Crippen LogP contribution in [0.1, 0.15) is 69.3 Å². The molecular weight excluding hydrogens is 563 g/mol. The van der Waals surface area contributed by atoms with E-state index < -0.39 is 20.3 Å². The SMILES string of the molecule is CC(=O)Oc1cccc2c1C(=O)O[C@@H](C/C=C\I)C[C@H]1CC[C@H](O[Si](C)(C)C(C)(C)C)[C@H](C2)O1. The zero-order valence-corrected chi connectivity index (χ0v) is 24.2. The summed E-state index contributed by atoms with van der Waals surface area (Å²) in [7, 11) is -2.02. The molecule has 2 aliphatic rings. The number of halogens is 1. The van der Waals surface area contributed by atoms with Crippen LogP contribution >= 0.6 is 22.6 Å². The Morgan fingerprint density at radius 1 is 1.26 bits per heavy atom. The predicted molar refractivity (Wildman–Crippen MR) is 143 cm³/mol. The number of carbonyl (C=O) groups excluding carboxylic acids is 2. The zero-order chi connectivity index (χ0) is 25.1. The highest BCUT2D eigenvalue weighted by molar-refractivity contribution is 14.1.